The Kier molecular flexibility index (Phi) is 7.00. The molecule has 178 valence electrons. The van der Waals surface area contributed by atoms with Crippen molar-refractivity contribution in [3.63, 3.8) is 0 Å². The fourth-order valence-electron chi connectivity index (χ4n) is 4.56. The third-order valence-corrected chi connectivity index (χ3v) is 6.28. The molecular formula is C29H27FN2O3. The van der Waals surface area contributed by atoms with Crippen LogP contribution in [0.3, 0.4) is 0 Å². The number of benzene rings is 3. The van der Waals surface area contributed by atoms with Gasteiger partial charge in [-0.1, -0.05) is 36.4 Å². The van der Waals surface area contributed by atoms with Gasteiger partial charge in [-0.2, -0.15) is 0 Å². The van der Waals surface area contributed by atoms with E-state index in [1.807, 2.05) is 35.5 Å². The summed E-state index contributed by atoms with van der Waals surface area (Å²) in [5.41, 5.74) is 2.54. The van der Waals surface area contributed by atoms with Gasteiger partial charge in [0.05, 0.1) is 13.2 Å². The number of halogens is 1. The molecule has 5 rings (SSSR count). The molecule has 1 amide bonds. The predicted octanol–water partition coefficient (Wildman–Crippen LogP) is 5.28. The fraction of sp³-hybridized carbons (Fsp3) is 0.241. The maximum Gasteiger partial charge on any atom is 0.254 e. The van der Waals surface area contributed by atoms with Crippen molar-refractivity contribution < 1.29 is 18.7 Å². The highest BCUT2D eigenvalue weighted by atomic mass is 19.1. The van der Waals surface area contributed by atoms with Crippen LogP contribution >= 0.6 is 0 Å². The molecule has 1 atom stereocenters. The third-order valence-electron chi connectivity index (χ3n) is 6.28. The van der Waals surface area contributed by atoms with Crippen molar-refractivity contribution in [2.75, 3.05) is 26.3 Å². The topological polar surface area (TPSA) is 51.7 Å². The summed E-state index contributed by atoms with van der Waals surface area (Å²) >= 11 is 0. The van der Waals surface area contributed by atoms with E-state index in [0.29, 0.717) is 37.6 Å². The van der Waals surface area contributed by atoms with Crippen LogP contribution in [0, 0.1) is 11.7 Å². The molecule has 0 spiro atoms. The molecule has 0 saturated carbocycles. The third kappa shape index (κ3) is 5.66. The smallest absolute Gasteiger partial charge is 0.254 e. The molecule has 4 aromatic rings. The van der Waals surface area contributed by atoms with E-state index in [1.165, 1.54) is 23.1 Å². The van der Waals surface area contributed by atoms with Gasteiger partial charge in [0.1, 0.15) is 18.2 Å². The van der Waals surface area contributed by atoms with Crippen LogP contribution in [0.1, 0.15) is 21.5 Å². The largest absolute Gasteiger partial charge is 0.489 e. The second-order valence-corrected chi connectivity index (χ2v) is 8.86. The van der Waals surface area contributed by atoms with Crippen LogP contribution in [0.4, 0.5) is 4.39 Å². The first-order valence-corrected chi connectivity index (χ1v) is 11.8. The van der Waals surface area contributed by atoms with Crippen LogP contribution in [-0.4, -0.2) is 42.1 Å². The van der Waals surface area contributed by atoms with Gasteiger partial charge in [0, 0.05) is 42.4 Å². The highest BCUT2D eigenvalue weighted by Gasteiger charge is 2.24. The SMILES string of the molecule is O=C(c1cccc(OCc2cccc(F)c2)c1)N1CCOC[C@@H](Cc2cccc3cnccc23)C1. The molecule has 5 nitrogen and oxygen atoms in total. The van der Waals surface area contributed by atoms with Crippen LogP contribution < -0.4 is 4.74 Å². The minimum atomic E-state index is -0.298. The van der Waals surface area contributed by atoms with E-state index >= 15 is 0 Å². The Hall–Kier alpha value is -3.77. The molecule has 0 N–H and O–H groups in total. The Morgan fingerprint density at radius 1 is 1.09 bits per heavy atom. The van der Waals surface area contributed by atoms with Gasteiger partial charge in [-0.25, -0.2) is 4.39 Å². The van der Waals surface area contributed by atoms with E-state index in [9.17, 15) is 9.18 Å². The van der Waals surface area contributed by atoms with Crippen LogP contribution in [0.25, 0.3) is 10.8 Å². The minimum Gasteiger partial charge on any atom is -0.489 e. The van der Waals surface area contributed by atoms with Gasteiger partial charge >= 0.3 is 0 Å². The molecule has 0 bridgehead atoms. The number of hydrogen-bond acceptors (Lipinski definition) is 4. The first-order chi connectivity index (χ1) is 17.2. The molecular weight excluding hydrogens is 443 g/mol. The molecule has 35 heavy (non-hydrogen) atoms. The maximum atomic E-state index is 13.4. The molecule has 6 heteroatoms. The van der Waals surface area contributed by atoms with Gasteiger partial charge in [0.2, 0.25) is 0 Å². The summed E-state index contributed by atoms with van der Waals surface area (Å²) < 4.78 is 25.1. The lowest BCUT2D eigenvalue weighted by molar-refractivity contribution is 0.0737. The maximum absolute atomic E-state index is 13.4. The number of amides is 1. The molecule has 0 unspecified atom stereocenters. The molecule has 1 fully saturated rings. The highest BCUT2D eigenvalue weighted by Crippen LogP contribution is 2.23. The molecule has 2 heterocycles. The summed E-state index contributed by atoms with van der Waals surface area (Å²) in [5.74, 6) is 0.423. The van der Waals surface area contributed by atoms with Gasteiger partial charge in [-0.05, 0) is 59.3 Å². The number of ether oxygens (including phenoxy) is 2. The number of fused-ring (bicyclic) bond motifs is 1. The summed E-state index contributed by atoms with van der Waals surface area (Å²) in [7, 11) is 0. The summed E-state index contributed by atoms with van der Waals surface area (Å²) in [6.45, 7) is 2.52. The number of carbonyl (C=O) groups excluding carboxylic acids is 1. The Labute approximate surface area is 204 Å². The standard InChI is InChI=1S/C29H27FN2O3/c30-26-8-1-4-21(15-26)20-35-27-9-3-6-24(16-27)29(33)32-12-13-34-19-22(18-32)14-23-5-2-7-25-17-31-11-10-28(23)25/h1-11,15-17,22H,12-14,18-20H2/t22-/m0/s1. The molecule has 0 radical (unpaired) electrons. The second-order valence-electron chi connectivity index (χ2n) is 8.86. The Morgan fingerprint density at radius 3 is 2.89 bits per heavy atom. The zero-order valence-corrected chi connectivity index (χ0v) is 19.4. The van der Waals surface area contributed by atoms with E-state index in [-0.39, 0.29) is 24.2 Å². The van der Waals surface area contributed by atoms with Crippen LogP contribution in [0.2, 0.25) is 0 Å². The van der Waals surface area contributed by atoms with Gasteiger partial charge in [0.15, 0.2) is 0 Å². The van der Waals surface area contributed by atoms with Gasteiger partial charge in [0.25, 0.3) is 5.91 Å². The van der Waals surface area contributed by atoms with Crippen molar-refractivity contribution in [2.45, 2.75) is 13.0 Å². The number of hydrogen-bond donors (Lipinski definition) is 0. The number of carbonyl (C=O) groups is 1. The first kappa shape index (κ1) is 23.0. The number of rotatable bonds is 6. The zero-order valence-electron chi connectivity index (χ0n) is 19.4. The van der Waals surface area contributed by atoms with Crippen molar-refractivity contribution in [3.8, 4) is 5.75 Å². The highest BCUT2D eigenvalue weighted by molar-refractivity contribution is 5.94. The van der Waals surface area contributed by atoms with Gasteiger partial charge in [-0.15, -0.1) is 0 Å². The van der Waals surface area contributed by atoms with E-state index in [0.717, 1.165) is 17.4 Å². The van der Waals surface area contributed by atoms with Crippen molar-refractivity contribution >= 4 is 16.7 Å². The molecule has 1 saturated heterocycles. The van der Waals surface area contributed by atoms with Gasteiger partial charge in [-0.3, -0.25) is 9.78 Å². The summed E-state index contributed by atoms with van der Waals surface area (Å²) in [4.78, 5) is 19.5. The van der Waals surface area contributed by atoms with Crippen LogP contribution in [0.5, 0.6) is 5.75 Å². The molecule has 3 aromatic carbocycles. The van der Waals surface area contributed by atoms with E-state index in [1.54, 1.807) is 24.3 Å². The van der Waals surface area contributed by atoms with E-state index in [4.69, 9.17) is 9.47 Å². The van der Waals surface area contributed by atoms with Gasteiger partial charge < -0.3 is 14.4 Å². The monoisotopic (exact) mass is 470 g/mol. The lowest BCUT2D eigenvalue weighted by atomic mass is 9.95. The Bertz CT molecular complexity index is 1320. The van der Waals surface area contributed by atoms with Crippen molar-refractivity contribution in [3.05, 3.63) is 108 Å². The van der Waals surface area contributed by atoms with Crippen LogP contribution in [-0.2, 0) is 17.8 Å². The summed E-state index contributed by atoms with van der Waals surface area (Å²) in [6.07, 6.45) is 4.51. The quantitative estimate of drug-likeness (QED) is 0.385. The second kappa shape index (κ2) is 10.7. The minimum absolute atomic E-state index is 0.0428. The lowest BCUT2D eigenvalue weighted by Crippen LogP contribution is -2.36. The average Bonchev–Trinajstić information content (AvgIpc) is 3.13. The van der Waals surface area contributed by atoms with Crippen molar-refractivity contribution in [1.82, 2.24) is 9.88 Å². The predicted molar refractivity (Wildman–Crippen MR) is 133 cm³/mol. The van der Waals surface area contributed by atoms with Crippen LogP contribution in [0.15, 0.2) is 85.2 Å². The Balaban J connectivity index is 1.27. The lowest BCUT2D eigenvalue weighted by Gasteiger charge is -2.24. The molecule has 1 aliphatic heterocycles. The first-order valence-electron chi connectivity index (χ1n) is 11.8. The summed E-state index contributed by atoms with van der Waals surface area (Å²) in [5, 5.41) is 2.30. The molecule has 0 aliphatic carbocycles. The average molecular weight is 471 g/mol. The molecule has 1 aliphatic rings. The van der Waals surface area contributed by atoms with Crippen molar-refractivity contribution in [2.24, 2.45) is 5.92 Å². The molecule has 1 aromatic heterocycles. The van der Waals surface area contributed by atoms with Crippen molar-refractivity contribution in [1.29, 1.82) is 0 Å². The number of aromatic nitrogens is 1. The normalized spacial score (nSPS) is 16.1. The summed E-state index contributed by atoms with van der Waals surface area (Å²) in [6, 6.07) is 21.8. The zero-order chi connectivity index (χ0) is 24.0. The fourth-order valence-corrected chi connectivity index (χ4v) is 4.56. The van der Waals surface area contributed by atoms with E-state index in [2.05, 4.69) is 23.2 Å². The number of nitrogens with zero attached hydrogens (tertiary/aromatic N) is 2. The Morgan fingerprint density at radius 2 is 1.97 bits per heavy atom. The number of pyridine rings is 1. The van der Waals surface area contributed by atoms with E-state index < -0.39 is 0 Å².